The molecule has 9 heteroatoms. The van der Waals surface area contributed by atoms with Crippen molar-refractivity contribution >= 4 is 23.3 Å². The Morgan fingerprint density at radius 3 is 2.30 bits per heavy atom. The van der Waals surface area contributed by atoms with E-state index in [0.29, 0.717) is 32.1 Å². The third-order valence-corrected chi connectivity index (χ3v) is 9.24. The van der Waals surface area contributed by atoms with Crippen LogP contribution in [0.2, 0.25) is 0 Å². The summed E-state index contributed by atoms with van der Waals surface area (Å²) in [7, 11) is 1.76. The van der Waals surface area contributed by atoms with E-state index in [2.05, 4.69) is 70.8 Å². The molecular weight excluding hydrogens is 570 g/mol. The smallest absolute Gasteiger partial charge is 0.318 e. The van der Waals surface area contributed by atoms with Gasteiger partial charge in [-0.25, -0.2) is 9.78 Å². The molecule has 2 N–H and O–H groups in total. The molecule has 238 valence electrons. The van der Waals surface area contributed by atoms with E-state index >= 15 is 0 Å². The van der Waals surface area contributed by atoms with Crippen LogP contribution in [0.25, 0.3) is 0 Å². The molecule has 2 atom stereocenters. The second kappa shape index (κ2) is 17.9. The lowest BCUT2D eigenvalue weighted by atomic mass is 9.98. The summed E-state index contributed by atoms with van der Waals surface area (Å²) in [4.78, 5) is 35.8. The molecule has 1 fully saturated rings. The number of aryl methyl sites for hydroxylation is 1. The average Bonchev–Trinajstić information content (AvgIpc) is 3.51. The van der Waals surface area contributed by atoms with E-state index in [9.17, 15) is 9.59 Å². The number of nitrogens with zero attached hydrogens (tertiary/aromatic N) is 3. The minimum Gasteiger partial charge on any atom is -0.379 e. The van der Waals surface area contributed by atoms with Crippen LogP contribution in [0, 0.1) is 0 Å². The molecule has 0 spiro atoms. The summed E-state index contributed by atoms with van der Waals surface area (Å²) < 4.78 is 5.50. The van der Waals surface area contributed by atoms with Crippen molar-refractivity contribution < 1.29 is 14.3 Å². The molecule has 1 aliphatic heterocycles. The lowest BCUT2D eigenvalue weighted by molar-refractivity contribution is -0.124. The van der Waals surface area contributed by atoms with Gasteiger partial charge in [0, 0.05) is 44.0 Å². The van der Waals surface area contributed by atoms with E-state index < -0.39 is 6.04 Å². The first-order valence-corrected chi connectivity index (χ1v) is 16.9. The highest BCUT2D eigenvalue weighted by atomic mass is 32.1. The Morgan fingerprint density at radius 1 is 0.955 bits per heavy atom. The molecule has 2 aromatic carbocycles. The highest BCUT2D eigenvalue weighted by Crippen LogP contribution is 2.20. The maximum atomic E-state index is 13.9. The third kappa shape index (κ3) is 11.3. The molecule has 4 rings (SSSR count). The van der Waals surface area contributed by atoms with Crippen LogP contribution in [-0.2, 0) is 28.9 Å². The summed E-state index contributed by atoms with van der Waals surface area (Å²) in [5, 5.41) is 9.46. The quantitative estimate of drug-likeness (QED) is 0.203. The van der Waals surface area contributed by atoms with Gasteiger partial charge in [0.1, 0.15) is 6.04 Å². The monoisotopic (exact) mass is 619 g/mol. The van der Waals surface area contributed by atoms with Crippen LogP contribution in [0.3, 0.4) is 0 Å². The maximum Gasteiger partial charge on any atom is 0.318 e. The molecule has 1 aromatic heterocycles. The van der Waals surface area contributed by atoms with Gasteiger partial charge in [-0.1, -0.05) is 80.9 Å². The molecule has 3 aromatic rings. The van der Waals surface area contributed by atoms with Gasteiger partial charge >= 0.3 is 6.03 Å². The molecule has 44 heavy (non-hydrogen) atoms. The highest BCUT2D eigenvalue weighted by molar-refractivity contribution is 7.09. The molecule has 0 aliphatic carbocycles. The van der Waals surface area contributed by atoms with Crippen molar-refractivity contribution in [3.63, 3.8) is 0 Å². The van der Waals surface area contributed by atoms with E-state index in [4.69, 9.17) is 4.74 Å². The van der Waals surface area contributed by atoms with E-state index in [1.54, 1.807) is 23.3 Å². The number of rotatable bonds is 16. The Kier molecular flexibility index (Phi) is 13.7. The molecule has 1 saturated heterocycles. The summed E-state index contributed by atoms with van der Waals surface area (Å²) in [6.45, 7) is 8.40. The van der Waals surface area contributed by atoms with Crippen LogP contribution in [-0.4, -0.2) is 78.7 Å². The molecule has 2 heterocycles. The number of aromatic nitrogens is 1. The number of carbonyl (C=O) groups is 2. The highest BCUT2D eigenvalue weighted by Gasteiger charge is 2.26. The van der Waals surface area contributed by atoms with Crippen molar-refractivity contribution in [1.82, 2.24) is 25.4 Å². The zero-order chi connectivity index (χ0) is 31.1. The van der Waals surface area contributed by atoms with E-state index in [0.717, 1.165) is 62.4 Å². The second-order valence-electron chi connectivity index (χ2n) is 12.1. The first-order chi connectivity index (χ1) is 21.4. The minimum atomic E-state index is -0.642. The lowest BCUT2D eigenvalue weighted by Gasteiger charge is -2.30. The van der Waals surface area contributed by atoms with E-state index in [-0.39, 0.29) is 18.0 Å². The molecule has 8 nitrogen and oxygen atoms in total. The predicted molar refractivity (Wildman–Crippen MR) is 178 cm³/mol. The van der Waals surface area contributed by atoms with Crippen molar-refractivity contribution in [2.45, 2.75) is 76.9 Å². The van der Waals surface area contributed by atoms with Gasteiger partial charge in [0.25, 0.3) is 0 Å². The zero-order valence-electron chi connectivity index (χ0n) is 26.5. The molecule has 0 saturated carbocycles. The first-order valence-electron chi connectivity index (χ1n) is 16.0. The zero-order valence-corrected chi connectivity index (χ0v) is 27.4. The Labute approximate surface area is 267 Å². The minimum absolute atomic E-state index is 0.0225. The first kappa shape index (κ1) is 33.6. The Balaban J connectivity index is 1.39. The van der Waals surface area contributed by atoms with Crippen LogP contribution in [0.1, 0.15) is 67.3 Å². The number of hydrogen-bond acceptors (Lipinski definition) is 6. The van der Waals surface area contributed by atoms with Crippen molar-refractivity contribution in [1.29, 1.82) is 0 Å². The number of urea groups is 1. The second-order valence-corrected chi connectivity index (χ2v) is 12.9. The van der Waals surface area contributed by atoms with Crippen LogP contribution in [0.4, 0.5) is 4.79 Å². The molecule has 0 radical (unpaired) electrons. The third-order valence-electron chi connectivity index (χ3n) is 8.04. The van der Waals surface area contributed by atoms with Crippen LogP contribution < -0.4 is 10.6 Å². The SMILES string of the molecule is CC(C)c1nc(CN(C)C(=O)N[C@@H](CCN2CCOCC2)C(=O)N[C@H](CCCCc2ccccc2)Cc2ccccc2)cs1. The van der Waals surface area contributed by atoms with Gasteiger partial charge in [-0.3, -0.25) is 9.69 Å². The average molecular weight is 620 g/mol. The number of thiazole rings is 1. The Morgan fingerprint density at radius 2 is 1.64 bits per heavy atom. The number of carbonyl (C=O) groups excluding carboxylic acids is 2. The van der Waals surface area contributed by atoms with Crippen LogP contribution in [0.5, 0.6) is 0 Å². The maximum absolute atomic E-state index is 13.9. The number of benzene rings is 2. The Bertz CT molecular complexity index is 1260. The summed E-state index contributed by atoms with van der Waals surface area (Å²) in [6, 6.07) is 19.9. The fourth-order valence-corrected chi connectivity index (χ4v) is 6.26. The van der Waals surface area contributed by atoms with Gasteiger partial charge in [0.2, 0.25) is 5.91 Å². The number of unbranched alkanes of at least 4 members (excludes halogenated alkanes) is 1. The van der Waals surface area contributed by atoms with Crippen molar-refractivity contribution in [2.24, 2.45) is 0 Å². The van der Waals surface area contributed by atoms with Gasteiger partial charge < -0.3 is 20.3 Å². The lowest BCUT2D eigenvalue weighted by Crippen LogP contribution is -2.53. The molecule has 0 unspecified atom stereocenters. The summed E-state index contributed by atoms with van der Waals surface area (Å²) in [5.74, 6) is 0.225. The normalized spacial score (nSPS) is 15.1. The molecule has 3 amide bonds. The van der Waals surface area contributed by atoms with Crippen molar-refractivity contribution in [2.75, 3.05) is 39.9 Å². The van der Waals surface area contributed by atoms with Crippen LogP contribution >= 0.6 is 11.3 Å². The Hall–Kier alpha value is -3.27. The fraction of sp³-hybridized carbons (Fsp3) is 0.514. The van der Waals surface area contributed by atoms with Crippen LogP contribution in [0.15, 0.2) is 66.0 Å². The predicted octanol–water partition coefficient (Wildman–Crippen LogP) is 5.64. The van der Waals surface area contributed by atoms with Gasteiger partial charge in [-0.15, -0.1) is 11.3 Å². The van der Waals surface area contributed by atoms with Gasteiger partial charge in [0.15, 0.2) is 0 Å². The van der Waals surface area contributed by atoms with Gasteiger partial charge in [-0.2, -0.15) is 0 Å². The number of morpholine rings is 1. The number of amides is 3. The van der Waals surface area contributed by atoms with Gasteiger partial charge in [0.05, 0.1) is 30.5 Å². The van der Waals surface area contributed by atoms with Crippen molar-refractivity contribution in [3.05, 3.63) is 87.9 Å². The molecule has 0 bridgehead atoms. The fourth-order valence-electron chi connectivity index (χ4n) is 5.43. The summed E-state index contributed by atoms with van der Waals surface area (Å²) >= 11 is 1.62. The topological polar surface area (TPSA) is 86.8 Å². The molecule has 1 aliphatic rings. The number of ether oxygens (including phenoxy) is 1. The molecular formula is C35H49N5O3S. The summed E-state index contributed by atoms with van der Waals surface area (Å²) in [5.41, 5.74) is 3.40. The largest absolute Gasteiger partial charge is 0.379 e. The van der Waals surface area contributed by atoms with E-state index in [1.807, 2.05) is 29.6 Å². The summed E-state index contributed by atoms with van der Waals surface area (Å²) in [6.07, 6.45) is 5.25. The number of nitrogens with one attached hydrogen (secondary N) is 2. The number of hydrogen-bond donors (Lipinski definition) is 2. The van der Waals surface area contributed by atoms with Gasteiger partial charge in [-0.05, 0) is 43.2 Å². The van der Waals surface area contributed by atoms with E-state index in [1.165, 1.54) is 11.1 Å². The van der Waals surface area contributed by atoms with Crippen molar-refractivity contribution in [3.8, 4) is 0 Å². The standard InChI is InChI=1S/C35H49N5O3S/c1-27(2)34-37-31(26-44-34)25-39(3)35(42)38-32(18-19-40-20-22-43-23-21-40)33(41)36-30(24-29-15-8-5-9-16-29)17-11-10-14-28-12-6-4-7-13-28/h4-9,12-13,15-16,26-27,30,32H,10-11,14,17-25H2,1-3H3,(H,36,41)(H,38,42)/t30-,32+/m1/s1.